The third-order valence-corrected chi connectivity index (χ3v) is 2.49. The fourth-order valence-electron chi connectivity index (χ4n) is 1.33. The van der Waals surface area contributed by atoms with E-state index in [4.69, 9.17) is 4.74 Å². The molecule has 0 aromatic heterocycles. The Kier molecular flexibility index (Phi) is 5.03. The lowest BCUT2D eigenvalue weighted by Gasteiger charge is -2.23. The maximum atomic E-state index is 11.3. The summed E-state index contributed by atoms with van der Waals surface area (Å²) in [6.07, 6.45) is 5.85. The number of nitrogens with one attached hydrogen (secondary N) is 1. The topological polar surface area (TPSA) is 63.0 Å². The second kappa shape index (κ2) is 6.30. The van der Waals surface area contributed by atoms with Gasteiger partial charge in [-0.2, -0.15) is 0 Å². The van der Waals surface area contributed by atoms with Crippen molar-refractivity contribution >= 4 is 17.9 Å². The largest absolute Gasteiger partial charge is 0.481 e. The van der Waals surface area contributed by atoms with Crippen molar-refractivity contribution in [2.24, 2.45) is 9.98 Å². The molecule has 5 heteroatoms. The fraction of sp³-hybridized carbons (Fsp3) is 0.583. The van der Waals surface area contributed by atoms with Crippen molar-refractivity contribution in [3.8, 4) is 0 Å². The van der Waals surface area contributed by atoms with Crippen molar-refractivity contribution in [2.45, 2.75) is 25.9 Å². The molecule has 0 aliphatic carbocycles. The molecular formula is C12H19N3O2. The van der Waals surface area contributed by atoms with Crippen LogP contribution in [0.25, 0.3) is 0 Å². The van der Waals surface area contributed by atoms with Gasteiger partial charge in [-0.1, -0.05) is 6.92 Å². The van der Waals surface area contributed by atoms with Crippen molar-refractivity contribution in [1.29, 1.82) is 0 Å². The predicted octanol–water partition coefficient (Wildman–Crippen LogP) is 0.957. The second-order valence-electron chi connectivity index (χ2n) is 3.92. The van der Waals surface area contributed by atoms with Crippen LogP contribution in [0.5, 0.6) is 0 Å². The molecule has 0 aromatic carbocycles. The third-order valence-electron chi connectivity index (χ3n) is 2.49. The van der Waals surface area contributed by atoms with Crippen LogP contribution in [-0.4, -0.2) is 43.8 Å². The number of carbonyl (C=O) groups excluding carboxylic acids is 1. The van der Waals surface area contributed by atoms with Crippen molar-refractivity contribution in [2.75, 3.05) is 20.2 Å². The molecule has 1 aliphatic rings. The normalized spacial score (nSPS) is 25.7. The first-order valence-corrected chi connectivity index (χ1v) is 5.67. The van der Waals surface area contributed by atoms with Crippen LogP contribution >= 0.6 is 0 Å². The molecule has 1 rings (SSSR count). The summed E-state index contributed by atoms with van der Waals surface area (Å²) in [5.74, 6) is 0.725. The zero-order chi connectivity index (χ0) is 12.7. The zero-order valence-corrected chi connectivity index (χ0v) is 10.6. The Bertz CT molecular complexity index is 361. The first-order valence-electron chi connectivity index (χ1n) is 5.67. The van der Waals surface area contributed by atoms with Gasteiger partial charge in [-0.15, -0.1) is 0 Å². The molecule has 0 bridgehead atoms. The molecule has 5 nitrogen and oxygen atoms in total. The summed E-state index contributed by atoms with van der Waals surface area (Å²) in [5.41, 5.74) is -0.579. The highest BCUT2D eigenvalue weighted by Crippen LogP contribution is 2.09. The van der Waals surface area contributed by atoms with Gasteiger partial charge in [0.1, 0.15) is 11.4 Å². The van der Waals surface area contributed by atoms with E-state index in [1.807, 2.05) is 19.9 Å². The molecular weight excluding hydrogens is 218 g/mol. The number of ether oxygens (including phenoxy) is 1. The predicted molar refractivity (Wildman–Crippen MR) is 68.6 cm³/mol. The number of aliphatic imine (C=N–C) groups is 2. The molecule has 17 heavy (non-hydrogen) atoms. The lowest BCUT2D eigenvalue weighted by atomic mass is 10.1. The number of hydrogen-bond donors (Lipinski definition) is 1. The Hall–Kier alpha value is -1.49. The SMILES string of the molecule is CCC(=O)CNC1(C)/C=C/C(OC)=NCC=N1. The van der Waals surface area contributed by atoms with E-state index < -0.39 is 5.66 Å². The van der Waals surface area contributed by atoms with Gasteiger partial charge in [-0.25, -0.2) is 4.99 Å². The third kappa shape index (κ3) is 4.48. The molecule has 0 amide bonds. The van der Waals surface area contributed by atoms with Gasteiger partial charge in [0, 0.05) is 12.6 Å². The van der Waals surface area contributed by atoms with Crippen LogP contribution < -0.4 is 5.32 Å². The summed E-state index contributed by atoms with van der Waals surface area (Å²) in [6.45, 7) is 4.54. The molecule has 1 atom stereocenters. The Labute approximate surface area is 102 Å². The highest BCUT2D eigenvalue weighted by atomic mass is 16.5. The van der Waals surface area contributed by atoms with Crippen molar-refractivity contribution in [1.82, 2.24) is 5.32 Å². The van der Waals surface area contributed by atoms with E-state index in [2.05, 4.69) is 15.3 Å². The standard InChI is InChI=1S/C12H19N3O2/c1-4-10(16)9-15-12(2)6-5-11(17-3)13-7-8-14-12/h5-6,8,15H,4,7,9H2,1-3H3/b6-5+,13-11?,14-8?. The molecule has 94 valence electrons. The Morgan fingerprint density at radius 3 is 3.06 bits per heavy atom. The molecule has 1 unspecified atom stereocenters. The fourth-order valence-corrected chi connectivity index (χ4v) is 1.33. The van der Waals surface area contributed by atoms with Crippen LogP contribution in [0.2, 0.25) is 0 Å². The number of hydrogen-bond acceptors (Lipinski definition) is 5. The average Bonchev–Trinajstić information content (AvgIpc) is 2.32. The summed E-state index contributed by atoms with van der Waals surface area (Å²) >= 11 is 0. The van der Waals surface area contributed by atoms with E-state index in [1.54, 1.807) is 19.4 Å². The Morgan fingerprint density at radius 1 is 1.65 bits per heavy atom. The quantitative estimate of drug-likeness (QED) is 0.792. The van der Waals surface area contributed by atoms with E-state index in [1.165, 1.54) is 0 Å². The molecule has 1 aliphatic heterocycles. The first kappa shape index (κ1) is 13.6. The minimum Gasteiger partial charge on any atom is -0.481 e. The molecule has 0 fully saturated rings. The highest BCUT2D eigenvalue weighted by Gasteiger charge is 2.19. The van der Waals surface area contributed by atoms with E-state index >= 15 is 0 Å². The van der Waals surface area contributed by atoms with E-state index in [0.29, 0.717) is 25.4 Å². The van der Waals surface area contributed by atoms with Crippen LogP contribution in [0.3, 0.4) is 0 Å². The zero-order valence-electron chi connectivity index (χ0n) is 10.6. The molecule has 1 N–H and O–H groups in total. The van der Waals surface area contributed by atoms with Gasteiger partial charge < -0.3 is 4.74 Å². The van der Waals surface area contributed by atoms with Crippen LogP contribution in [0, 0.1) is 0 Å². The van der Waals surface area contributed by atoms with Gasteiger partial charge in [0.25, 0.3) is 0 Å². The number of rotatable bonds is 4. The number of carbonyl (C=O) groups is 1. The lowest BCUT2D eigenvalue weighted by Crippen LogP contribution is -2.42. The number of Topliss-reactive ketones (excluding diaryl/α,β-unsaturated/α-hetero) is 1. The Morgan fingerprint density at radius 2 is 2.41 bits per heavy atom. The maximum absolute atomic E-state index is 11.3. The van der Waals surface area contributed by atoms with Gasteiger partial charge in [0.15, 0.2) is 0 Å². The van der Waals surface area contributed by atoms with Crippen LogP contribution in [0.15, 0.2) is 22.1 Å². The smallest absolute Gasteiger partial charge is 0.208 e. The summed E-state index contributed by atoms with van der Waals surface area (Å²) in [7, 11) is 1.58. The monoisotopic (exact) mass is 237 g/mol. The maximum Gasteiger partial charge on any atom is 0.208 e. The number of methoxy groups -OCH3 is 1. The molecule has 0 radical (unpaired) electrons. The summed E-state index contributed by atoms with van der Waals surface area (Å²) < 4.78 is 5.07. The van der Waals surface area contributed by atoms with E-state index in [9.17, 15) is 4.79 Å². The van der Waals surface area contributed by atoms with Gasteiger partial charge >= 0.3 is 0 Å². The summed E-state index contributed by atoms with van der Waals surface area (Å²) in [4.78, 5) is 19.8. The van der Waals surface area contributed by atoms with Crippen molar-refractivity contribution in [3.05, 3.63) is 12.2 Å². The Balaban J connectivity index is 2.70. The van der Waals surface area contributed by atoms with E-state index in [-0.39, 0.29) is 5.78 Å². The van der Waals surface area contributed by atoms with Crippen LogP contribution in [0.4, 0.5) is 0 Å². The lowest BCUT2D eigenvalue weighted by molar-refractivity contribution is -0.118. The molecule has 0 aromatic rings. The molecule has 0 saturated heterocycles. The van der Waals surface area contributed by atoms with Crippen LogP contribution in [-0.2, 0) is 9.53 Å². The van der Waals surface area contributed by atoms with Crippen molar-refractivity contribution in [3.63, 3.8) is 0 Å². The average molecular weight is 237 g/mol. The van der Waals surface area contributed by atoms with Gasteiger partial charge in [0.05, 0.1) is 20.2 Å². The van der Waals surface area contributed by atoms with E-state index in [0.717, 1.165) is 0 Å². The highest BCUT2D eigenvalue weighted by molar-refractivity contribution is 5.89. The molecule has 0 spiro atoms. The summed E-state index contributed by atoms with van der Waals surface area (Å²) in [5, 5.41) is 3.12. The minimum absolute atomic E-state index is 0.164. The molecule has 0 saturated carbocycles. The summed E-state index contributed by atoms with van der Waals surface area (Å²) in [6, 6.07) is 0. The van der Waals surface area contributed by atoms with Gasteiger partial charge in [-0.05, 0) is 19.1 Å². The first-order chi connectivity index (χ1) is 8.09. The van der Waals surface area contributed by atoms with Crippen LogP contribution in [0.1, 0.15) is 20.3 Å². The van der Waals surface area contributed by atoms with Gasteiger partial charge in [0.2, 0.25) is 5.90 Å². The number of ketones is 1. The van der Waals surface area contributed by atoms with Gasteiger partial charge in [-0.3, -0.25) is 15.1 Å². The molecule has 1 heterocycles. The second-order valence-corrected chi connectivity index (χ2v) is 3.92. The number of nitrogens with zero attached hydrogens (tertiary/aromatic N) is 2. The van der Waals surface area contributed by atoms with Crippen molar-refractivity contribution < 1.29 is 9.53 Å². The minimum atomic E-state index is -0.579.